The lowest BCUT2D eigenvalue weighted by Gasteiger charge is -2.10. The minimum atomic E-state index is -0.362. The molecule has 1 heterocycles. The van der Waals surface area contributed by atoms with Gasteiger partial charge in [-0.1, -0.05) is 0 Å². The van der Waals surface area contributed by atoms with Gasteiger partial charge in [0, 0.05) is 12.6 Å². The molecule has 2 rings (SSSR count). The summed E-state index contributed by atoms with van der Waals surface area (Å²) >= 11 is 0. The Morgan fingerprint density at radius 2 is 2.15 bits per heavy atom. The lowest BCUT2D eigenvalue weighted by molar-refractivity contribution is 0.0929. The predicted octanol–water partition coefficient (Wildman–Crippen LogP) is 0.907. The van der Waals surface area contributed by atoms with E-state index in [9.17, 15) is 9.18 Å². The highest BCUT2D eigenvalue weighted by atomic mass is 19.1. The Labute approximate surface area is 115 Å². The van der Waals surface area contributed by atoms with Gasteiger partial charge in [0.1, 0.15) is 5.82 Å². The predicted molar refractivity (Wildman–Crippen MR) is 69.9 cm³/mol. The van der Waals surface area contributed by atoms with Crippen LogP contribution in [0.4, 0.5) is 4.39 Å². The molecule has 6 nitrogen and oxygen atoms in total. The van der Waals surface area contributed by atoms with Crippen LogP contribution in [0.1, 0.15) is 23.8 Å². The third kappa shape index (κ3) is 3.39. The number of amides is 1. The minimum absolute atomic E-state index is 0.00369. The molecule has 2 aromatic rings. The molecule has 0 spiro atoms. The first kappa shape index (κ1) is 14.1. The third-order valence-corrected chi connectivity index (χ3v) is 2.72. The zero-order chi connectivity index (χ0) is 14.5. The van der Waals surface area contributed by atoms with Crippen molar-refractivity contribution in [1.82, 2.24) is 20.3 Å². The summed E-state index contributed by atoms with van der Waals surface area (Å²) in [5, 5.41) is 19.5. The van der Waals surface area contributed by atoms with Crippen LogP contribution in [0, 0.1) is 5.82 Å². The van der Waals surface area contributed by atoms with E-state index in [1.165, 1.54) is 35.3 Å². The maximum absolute atomic E-state index is 12.8. The summed E-state index contributed by atoms with van der Waals surface area (Å²) < 4.78 is 12.8. The van der Waals surface area contributed by atoms with Gasteiger partial charge in [0.15, 0.2) is 5.69 Å². The van der Waals surface area contributed by atoms with Crippen molar-refractivity contribution < 1.29 is 14.3 Å². The first-order valence-electron chi connectivity index (χ1n) is 6.20. The number of aliphatic hydroxyl groups excluding tert-OH is 1. The van der Waals surface area contributed by atoms with Crippen molar-refractivity contribution in [3.8, 4) is 5.69 Å². The van der Waals surface area contributed by atoms with Crippen LogP contribution in [0.15, 0.2) is 30.5 Å². The summed E-state index contributed by atoms with van der Waals surface area (Å²) in [6, 6.07) is 5.48. The summed E-state index contributed by atoms with van der Waals surface area (Å²) in [7, 11) is 0. The molecular formula is C13H15FN4O2. The van der Waals surface area contributed by atoms with Crippen LogP contribution in [0.2, 0.25) is 0 Å². The van der Waals surface area contributed by atoms with Crippen LogP contribution in [0.5, 0.6) is 0 Å². The van der Waals surface area contributed by atoms with E-state index in [0.717, 1.165) is 0 Å². The van der Waals surface area contributed by atoms with Gasteiger partial charge in [-0.2, -0.15) is 9.90 Å². The second kappa shape index (κ2) is 6.25. The Bertz CT molecular complexity index is 582. The Hall–Kier alpha value is -2.28. The minimum Gasteiger partial charge on any atom is -0.396 e. The van der Waals surface area contributed by atoms with Crippen LogP contribution < -0.4 is 5.32 Å². The standard InChI is InChI=1S/C13H15FN4O2/c1-9(6-7-19)16-13(20)12-8-15-18(17-12)11-4-2-10(14)3-5-11/h2-5,8-9,19H,6-7H2,1H3,(H,16,20). The highest BCUT2D eigenvalue weighted by Crippen LogP contribution is 2.07. The van der Waals surface area contributed by atoms with E-state index in [-0.39, 0.29) is 30.1 Å². The second-order valence-electron chi connectivity index (χ2n) is 4.38. The Morgan fingerprint density at radius 1 is 1.45 bits per heavy atom. The van der Waals surface area contributed by atoms with Crippen LogP contribution in [-0.2, 0) is 0 Å². The molecule has 1 amide bonds. The molecule has 0 fully saturated rings. The van der Waals surface area contributed by atoms with Crippen molar-refractivity contribution in [1.29, 1.82) is 0 Å². The molecule has 1 unspecified atom stereocenters. The molecule has 0 aliphatic heterocycles. The fourth-order valence-electron chi connectivity index (χ4n) is 1.63. The van der Waals surface area contributed by atoms with Gasteiger partial charge in [-0.15, -0.1) is 5.10 Å². The molecule has 0 radical (unpaired) electrons. The normalized spacial score (nSPS) is 12.2. The Morgan fingerprint density at radius 3 is 2.80 bits per heavy atom. The topological polar surface area (TPSA) is 80.0 Å². The summed E-state index contributed by atoms with van der Waals surface area (Å²) in [5.74, 6) is -0.712. The number of nitrogens with zero attached hydrogens (tertiary/aromatic N) is 3. The largest absolute Gasteiger partial charge is 0.396 e. The van der Waals surface area contributed by atoms with Gasteiger partial charge in [0.2, 0.25) is 0 Å². The number of halogens is 1. The molecule has 20 heavy (non-hydrogen) atoms. The van der Waals surface area contributed by atoms with Crippen LogP contribution >= 0.6 is 0 Å². The monoisotopic (exact) mass is 278 g/mol. The van der Waals surface area contributed by atoms with Crippen LogP contribution in [0.25, 0.3) is 5.69 Å². The van der Waals surface area contributed by atoms with Crippen molar-refractivity contribution in [2.75, 3.05) is 6.61 Å². The maximum Gasteiger partial charge on any atom is 0.273 e. The van der Waals surface area contributed by atoms with Crippen LogP contribution in [-0.4, -0.2) is 38.7 Å². The molecule has 106 valence electrons. The van der Waals surface area contributed by atoms with Gasteiger partial charge in [-0.3, -0.25) is 4.79 Å². The van der Waals surface area contributed by atoms with E-state index in [2.05, 4.69) is 15.5 Å². The SMILES string of the molecule is CC(CCO)NC(=O)c1cnn(-c2ccc(F)cc2)n1. The summed E-state index contributed by atoms with van der Waals surface area (Å²) in [6.07, 6.45) is 1.81. The number of benzene rings is 1. The summed E-state index contributed by atoms with van der Waals surface area (Å²) in [5.41, 5.74) is 0.730. The van der Waals surface area contributed by atoms with Crippen molar-refractivity contribution in [3.05, 3.63) is 42.0 Å². The molecule has 0 bridgehead atoms. The number of nitrogens with one attached hydrogen (secondary N) is 1. The van der Waals surface area contributed by atoms with Gasteiger partial charge < -0.3 is 10.4 Å². The first-order valence-corrected chi connectivity index (χ1v) is 6.20. The van der Waals surface area contributed by atoms with Gasteiger partial charge in [0.05, 0.1) is 11.9 Å². The molecule has 0 saturated carbocycles. The fourth-order valence-corrected chi connectivity index (χ4v) is 1.63. The first-order chi connectivity index (χ1) is 9.60. The summed E-state index contributed by atoms with van der Waals surface area (Å²) in [6.45, 7) is 1.79. The number of carbonyl (C=O) groups is 1. The molecule has 2 N–H and O–H groups in total. The molecule has 7 heteroatoms. The fraction of sp³-hybridized carbons (Fsp3) is 0.308. The molecule has 1 aromatic carbocycles. The number of carbonyl (C=O) groups excluding carboxylic acids is 1. The number of aliphatic hydroxyl groups is 1. The average molecular weight is 278 g/mol. The van der Waals surface area contributed by atoms with E-state index >= 15 is 0 Å². The zero-order valence-corrected chi connectivity index (χ0v) is 11.0. The number of rotatable bonds is 5. The molecule has 1 atom stereocenters. The molecule has 0 aliphatic carbocycles. The average Bonchev–Trinajstić information content (AvgIpc) is 2.89. The number of hydrogen-bond acceptors (Lipinski definition) is 4. The van der Waals surface area contributed by atoms with Crippen molar-refractivity contribution >= 4 is 5.91 Å². The summed E-state index contributed by atoms with van der Waals surface area (Å²) in [4.78, 5) is 13.1. The molecule has 0 saturated heterocycles. The Balaban J connectivity index is 2.08. The maximum atomic E-state index is 12.8. The van der Waals surface area contributed by atoms with E-state index in [1.807, 2.05) is 0 Å². The van der Waals surface area contributed by atoms with Crippen molar-refractivity contribution in [3.63, 3.8) is 0 Å². The highest BCUT2D eigenvalue weighted by molar-refractivity contribution is 5.92. The Kier molecular flexibility index (Phi) is 4.41. The van der Waals surface area contributed by atoms with E-state index < -0.39 is 0 Å². The second-order valence-corrected chi connectivity index (χ2v) is 4.38. The lowest BCUT2D eigenvalue weighted by Crippen LogP contribution is -2.33. The molecule has 1 aromatic heterocycles. The van der Waals surface area contributed by atoms with Crippen LogP contribution in [0.3, 0.4) is 0 Å². The van der Waals surface area contributed by atoms with E-state index in [1.54, 1.807) is 6.92 Å². The molecular weight excluding hydrogens is 263 g/mol. The quantitative estimate of drug-likeness (QED) is 0.852. The van der Waals surface area contributed by atoms with E-state index in [0.29, 0.717) is 12.1 Å². The van der Waals surface area contributed by atoms with Gasteiger partial charge >= 0.3 is 0 Å². The number of hydrogen-bond donors (Lipinski definition) is 2. The van der Waals surface area contributed by atoms with E-state index in [4.69, 9.17) is 5.11 Å². The van der Waals surface area contributed by atoms with Gasteiger partial charge in [-0.25, -0.2) is 4.39 Å². The zero-order valence-electron chi connectivity index (χ0n) is 11.0. The van der Waals surface area contributed by atoms with Crippen molar-refractivity contribution in [2.45, 2.75) is 19.4 Å². The van der Waals surface area contributed by atoms with Gasteiger partial charge in [-0.05, 0) is 37.6 Å². The van der Waals surface area contributed by atoms with Gasteiger partial charge in [0.25, 0.3) is 5.91 Å². The third-order valence-electron chi connectivity index (χ3n) is 2.72. The lowest BCUT2D eigenvalue weighted by atomic mass is 10.2. The highest BCUT2D eigenvalue weighted by Gasteiger charge is 2.13. The van der Waals surface area contributed by atoms with Crippen molar-refractivity contribution in [2.24, 2.45) is 0 Å². The number of aromatic nitrogens is 3. The smallest absolute Gasteiger partial charge is 0.273 e. The molecule has 0 aliphatic rings.